The zero-order valence-electron chi connectivity index (χ0n) is 27.5. The van der Waals surface area contributed by atoms with Gasteiger partial charge in [0.15, 0.2) is 0 Å². The Hall–Kier alpha value is -3.69. The molecule has 9 heteroatoms. The van der Waals surface area contributed by atoms with Crippen LogP contribution in [0.1, 0.15) is 59.3 Å². The summed E-state index contributed by atoms with van der Waals surface area (Å²) in [4.78, 5) is 22.7. The second kappa shape index (κ2) is 12.8. The van der Waals surface area contributed by atoms with Crippen LogP contribution in [-0.4, -0.2) is 75.7 Å². The zero-order chi connectivity index (χ0) is 31.8. The van der Waals surface area contributed by atoms with Gasteiger partial charge in [0.1, 0.15) is 11.7 Å². The summed E-state index contributed by atoms with van der Waals surface area (Å²) in [5.74, 6) is 2.20. The number of likely N-dealkylation sites (tertiary alicyclic amines) is 1. The molecule has 1 aliphatic heterocycles. The molecule has 0 N–H and O–H groups in total. The Morgan fingerprint density at radius 2 is 1.54 bits per heavy atom. The summed E-state index contributed by atoms with van der Waals surface area (Å²) in [5.41, 5.74) is 4.12. The van der Waals surface area contributed by atoms with E-state index in [4.69, 9.17) is 18.9 Å². The van der Waals surface area contributed by atoms with Gasteiger partial charge >= 0.3 is 6.09 Å². The average Bonchev–Trinajstić information content (AvgIpc) is 3.25. The average molecular weight is 627 g/mol. The van der Waals surface area contributed by atoms with Gasteiger partial charge in [-0.25, -0.2) is 9.78 Å². The van der Waals surface area contributed by atoms with E-state index in [1.165, 1.54) is 34.6 Å². The van der Waals surface area contributed by atoms with Gasteiger partial charge in [0.05, 0.1) is 30.8 Å². The van der Waals surface area contributed by atoms with Gasteiger partial charge in [-0.3, -0.25) is 4.98 Å². The van der Waals surface area contributed by atoms with Crippen molar-refractivity contribution in [3.05, 3.63) is 55.0 Å². The van der Waals surface area contributed by atoms with E-state index in [-0.39, 0.29) is 18.3 Å². The quantitative estimate of drug-likeness (QED) is 0.175. The Morgan fingerprint density at radius 1 is 0.826 bits per heavy atom. The van der Waals surface area contributed by atoms with E-state index in [0.29, 0.717) is 25.1 Å². The normalized spacial score (nSPS) is 23.2. The summed E-state index contributed by atoms with van der Waals surface area (Å²) >= 11 is 0. The number of carbonyl (C=O) groups excluding carboxylic acids is 1. The van der Waals surface area contributed by atoms with Crippen molar-refractivity contribution in [1.29, 1.82) is 0 Å². The van der Waals surface area contributed by atoms with Crippen molar-refractivity contribution in [2.45, 2.75) is 83.2 Å². The highest BCUT2D eigenvalue weighted by molar-refractivity contribution is 6.08. The molecule has 4 heterocycles. The van der Waals surface area contributed by atoms with E-state index < -0.39 is 5.60 Å². The lowest BCUT2D eigenvalue weighted by Gasteiger charge is -2.40. The molecule has 0 bridgehead atoms. The van der Waals surface area contributed by atoms with E-state index in [1.807, 2.05) is 45.4 Å². The molecule has 3 aliphatic rings. The second-order valence-corrected chi connectivity index (χ2v) is 14.4. The summed E-state index contributed by atoms with van der Waals surface area (Å²) in [6.45, 7) is 8.55. The molecule has 1 aromatic carbocycles. The Balaban J connectivity index is 0.753. The summed E-state index contributed by atoms with van der Waals surface area (Å²) in [6, 6.07) is 12.7. The molecular formula is C37H46N4O5. The number of nitrogens with zero attached hydrogens (tertiary/aromatic N) is 4. The molecule has 7 rings (SSSR count). The number of fused-ring (bicyclic) bond motifs is 3. The number of ether oxygens (including phenoxy) is 4. The standard InChI is InChI=1S/C37H46N4O5/c1-37(2,3)46-36(42)41-22-30(23-41)44-14-11-25-15-24(16-25)10-13-43-28-18-29(19-28)45-35-8-6-27(20-39-35)26-5-7-31-32-21-38-12-9-33(32)40(4)34(31)17-26/h5-9,12,17,20-21,24-25,28-30H,10-11,13-16,18-19,22-23H2,1-4H3. The first-order valence-electron chi connectivity index (χ1n) is 16.8. The van der Waals surface area contributed by atoms with Gasteiger partial charge in [-0.2, -0.15) is 0 Å². The van der Waals surface area contributed by atoms with Gasteiger partial charge < -0.3 is 28.4 Å². The predicted octanol–water partition coefficient (Wildman–Crippen LogP) is 7.16. The summed E-state index contributed by atoms with van der Waals surface area (Å²) in [7, 11) is 2.10. The Kier molecular flexibility index (Phi) is 8.63. The molecule has 0 atom stereocenters. The molecule has 1 saturated heterocycles. The molecule has 0 unspecified atom stereocenters. The van der Waals surface area contributed by atoms with Gasteiger partial charge in [0, 0.05) is 79.6 Å². The molecule has 3 fully saturated rings. The number of carbonyl (C=O) groups is 1. The van der Waals surface area contributed by atoms with Crippen LogP contribution >= 0.6 is 0 Å². The van der Waals surface area contributed by atoms with E-state index in [1.54, 1.807) is 4.90 Å². The third-order valence-corrected chi connectivity index (χ3v) is 9.81. The highest BCUT2D eigenvalue weighted by Crippen LogP contribution is 2.39. The van der Waals surface area contributed by atoms with Crippen LogP contribution < -0.4 is 4.74 Å². The molecule has 4 aromatic rings. The third-order valence-electron chi connectivity index (χ3n) is 9.81. The van der Waals surface area contributed by atoms with Crippen molar-refractivity contribution >= 4 is 27.9 Å². The SMILES string of the molecule is Cn1c2ccncc2c2ccc(-c3ccc(OC4CC(OCCC5CC(CCOC6CN(C(=O)OC(C)(C)C)C6)C5)C4)nc3)cc21. The van der Waals surface area contributed by atoms with Crippen LogP contribution in [0.25, 0.3) is 32.9 Å². The number of benzene rings is 1. The largest absolute Gasteiger partial charge is 0.474 e. The van der Waals surface area contributed by atoms with E-state index in [9.17, 15) is 4.79 Å². The van der Waals surface area contributed by atoms with Crippen molar-refractivity contribution in [3.8, 4) is 17.0 Å². The number of hydrogen-bond acceptors (Lipinski definition) is 7. The number of pyridine rings is 2. The first-order valence-corrected chi connectivity index (χ1v) is 16.8. The summed E-state index contributed by atoms with van der Waals surface area (Å²) < 4.78 is 25.9. The van der Waals surface area contributed by atoms with Crippen LogP contribution in [0.5, 0.6) is 5.88 Å². The van der Waals surface area contributed by atoms with Crippen molar-refractivity contribution in [2.75, 3.05) is 26.3 Å². The molecule has 9 nitrogen and oxygen atoms in total. The van der Waals surface area contributed by atoms with Gasteiger partial charge in [0.25, 0.3) is 0 Å². The van der Waals surface area contributed by atoms with Gasteiger partial charge in [-0.1, -0.05) is 12.1 Å². The Labute approximate surface area is 271 Å². The van der Waals surface area contributed by atoms with Gasteiger partial charge in [-0.15, -0.1) is 0 Å². The van der Waals surface area contributed by atoms with Gasteiger partial charge in [-0.05, 0) is 82.1 Å². The lowest BCUT2D eigenvalue weighted by atomic mass is 9.72. The molecular weight excluding hydrogens is 580 g/mol. The molecule has 2 saturated carbocycles. The Bertz CT molecular complexity index is 1660. The molecule has 3 aromatic heterocycles. The van der Waals surface area contributed by atoms with E-state index in [0.717, 1.165) is 61.9 Å². The third kappa shape index (κ3) is 6.86. The lowest BCUT2D eigenvalue weighted by molar-refractivity contribution is -0.0740. The number of hydrogen-bond donors (Lipinski definition) is 0. The molecule has 2 aliphatic carbocycles. The smallest absolute Gasteiger partial charge is 0.410 e. The van der Waals surface area contributed by atoms with Crippen LogP contribution in [-0.2, 0) is 21.3 Å². The molecule has 244 valence electrons. The maximum Gasteiger partial charge on any atom is 0.410 e. The number of rotatable bonds is 11. The fourth-order valence-corrected chi connectivity index (χ4v) is 6.94. The van der Waals surface area contributed by atoms with Crippen molar-refractivity contribution in [1.82, 2.24) is 19.4 Å². The second-order valence-electron chi connectivity index (χ2n) is 14.4. The number of aromatic nitrogens is 3. The minimum absolute atomic E-state index is 0.150. The minimum Gasteiger partial charge on any atom is -0.474 e. The first kappa shape index (κ1) is 30.9. The highest BCUT2D eigenvalue weighted by atomic mass is 16.6. The molecule has 0 spiro atoms. The number of amides is 1. The molecule has 1 amide bonds. The zero-order valence-corrected chi connectivity index (χ0v) is 27.5. The maximum absolute atomic E-state index is 12.0. The van der Waals surface area contributed by atoms with Crippen molar-refractivity contribution < 1.29 is 23.7 Å². The molecule has 46 heavy (non-hydrogen) atoms. The number of aryl methyl sites for hydroxylation is 1. The minimum atomic E-state index is -0.453. The molecule has 0 radical (unpaired) electrons. The first-order chi connectivity index (χ1) is 22.2. The highest BCUT2D eigenvalue weighted by Gasteiger charge is 2.36. The van der Waals surface area contributed by atoms with Crippen LogP contribution in [0.3, 0.4) is 0 Å². The van der Waals surface area contributed by atoms with Crippen LogP contribution in [0, 0.1) is 11.8 Å². The fraction of sp³-hybridized carbons (Fsp3) is 0.541. The van der Waals surface area contributed by atoms with Crippen LogP contribution in [0.15, 0.2) is 55.0 Å². The summed E-state index contributed by atoms with van der Waals surface area (Å²) in [6.07, 6.45) is 12.7. The van der Waals surface area contributed by atoms with Crippen LogP contribution in [0.4, 0.5) is 4.79 Å². The van der Waals surface area contributed by atoms with Crippen molar-refractivity contribution in [2.24, 2.45) is 18.9 Å². The maximum atomic E-state index is 12.0. The monoisotopic (exact) mass is 626 g/mol. The lowest BCUT2D eigenvalue weighted by Crippen LogP contribution is -2.56. The predicted molar refractivity (Wildman–Crippen MR) is 178 cm³/mol. The topological polar surface area (TPSA) is 87.9 Å². The summed E-state index contributed by atoms with van der Waals surface area (Å²) in [5, 5.41) is 2.38. The van der Waals surface area contributed by atoms with Crippen LogP contribution in [0.2, 0.25) is 0 Å². The van der Waals surface area contributed by atoms with Gasteiger partial charge in [0.2, 0.25) is 5.88 Å². The van der Waals surface area contributed by atoms with E-state index in [2.05, 4.69) is 51.9 Å². The fourth-order valence-electron chi connectivity index (χ4n) is 6.94. The van der Waals surface area contributed by atoms with Crippen molar-refractivity contribution in [3.63, 3.8) is 0 Å². The van der Waals surface area contributed by atoms with E-state index >= 15 is 0 Å². The Morgan fingerprint density at radius 3 is 2.24 bits per heavy atom.